The van der Waals surface area contributed by atoms with Crippen molar-refractivity contribution in [3.05, 3.63) is 23.8 Å². The molecule has 0 radical (unpaired) electrons. The van der Waals surface area contributed by atoms with Gasteiger partial charge in [0.25, 0.3) is 0 Å². The molecule has 0 aliphatic carbocycles. The van der Waals surface area contributed by atoms with Crippen LogP contribution in [0.1, 0.15) is 49.4 Å². The Morgan fingerprint density at radius 2 is 1.86 bits per heavy atom. The lowest BCUT2D eigenvalue weighted by Gasteiger charge is -2.24. The summed E-state index contributed by atoms with van der Waals surface area (Å²) in [4.78, 5) is 25.1. The van der Waals surface area contributed by atoms with E-state index in [0.717, 1.165) is 31.6 Å². The van der Waals surface area contributed by atoms with E-state index in [4.69, 9.17) is 0 Å². The van der Waals surface area contributed by atoms with Gasteiger partial charge >= 0.3 is 5.97 Å². The molecule has 1 heterocycles. The lowest BCUT2D eigenvalue weighted by Crippen LogP contribution is -2.26. The van der Waals surface area contributed by atoms with Crippen molar-refractivity contribution in [1.82, 2.24) is 0 Å². The van der Waals surface area contributed by atoms with Gasteiger partial charge in [-0.1, -0.05) is 19.8 Å². The van der Waals surface area contributed by atoms with Crippen LogP contribution in [0.4, 0.5) is 11.4 Å². The molecule has 1 aromatic carbocycles. The van der Waals surface area contributed by atoms with E-state index >= 15 is 0 Å². The number of amides is 1. The SMILES string of the molecule is CCC(=O)Nc1ccc(N2CCCCCC2)c(C(=O)O)c1. The van der Waals surface area contributed by atoms with Crippen molar-refractivity contribution in [2.45, 2.75) is 39.0 Å². The third-order valence-corrected chi connectivity index (χ3v) is 3.78. The van der Waals surface area contributed by atoms with E-state index in [1.165, 1.54) is 12.8 Å². The quantitative estimate of drug-likeness (QED) is 0.894. The van der Waals surface area contributed by atoms with Crippen molar-refractivity contribution in [2.75, 3.05) is 23.3 Å². The van der Waals surface area contributed by atoms with Crippen molar-refractivity contribution in [3.63, 3.8) is 0 Å². The number of carboxylic acids is 1. The molecule has 1 amide bonds. The van der Waals surface area contributed by atoms with E-state index < -0.39 is 5.97 Å². The molecule has 0 spiro atoms. The number of carboxylic acid groups (broad SMARTS) is 1. The van der Waals surface area contributed by atoms with Gasteiger partial charge < -0.3 is 15.3 Å². The topological polar surface area (TPSA) is 69.6 Å². The molecule has 0 unspecified atom stereocenters. The summed E-state index contributed by atoms with van der Waals surface area (Å²) in [6.07, 6.45) is 4.95. The number of nitrogens with zero attached hydrogens (tertiary/aromatic N) is 1. The minimum absolute atomic E-state index is 0.117. The highest BCUT2D eigenvalue weighted by atomic mass is 16.4. The molecule has 0 aromatic heterocycles. The Balaban J connectivity index is 2.28. The van der Waals surface area contributed by atoms with Crippen LogP contribution in [0.25, 0.3) is 0 Å². The van der Waals surface area contributed by atoms with Gasteiger partial charge in [-0.25, -0.2) is 4.79 Å². The average Bonchev–Trinajstić information content (AvgIpc) is 2.76. The standard InChI is InChI=1S/C16H22N2O3/c1-2-15(19)17-12-7-8-14(13(11-12)16(20)21)18-9-5-3-4-6-10-18/h7-8,11H,2-6,9-10H2,1H3,(H,17,19)(H,20,21). The number of nitrogens with one attached hydrogen (secondary N) is 1. The van der Waals surface area contributed by atoms with Gasteiger partial charge in [0, 0.05) is 25.2 Å². The Bertz CT molecular complexity index is 520. The number of hydrogen-bond donors (Lipinski definition) is 2. The molecule has 2 rings (SSSR count). The predicted octanol–water partition coefficient (Wildman–Crippen LogP) is 3.11. The largest absolute Gasteiger partial charge is 0.478 e. The zero-order valence-electron chi connectivity index (χ0n) is 12.4. The number of carbonyl (C=O) groups is 2. The Morgan fingerprint density at radius 3 is 2.43 bits per heavy atom. The lowest BCUT2D eigenvalue weighted by molar-refractivity contribution is -0.115. The number of rotatable bonds is 4. The summed E-state index contributed by atoms with van der Waals surface area (Å²) < 4.78 is 0. The smallest absolute Gasteiger partial charge is 0.337 e. The van der Waals surface area contributed by atoms with Crippen molar-refractivity contribution in [2.24, 2.45) is 0 Å². The van der Waals surface area contributed by atoms with E-state index in [1.54, 1.807) is 25.1 Å². The summed E-state index contributed by atoms with van der Waals surface area (Å²) >= 11 is 0. The zero-order chi connectivity index (χ0) is 15.2. The van der Waals surface area contributed by atoms with Crippen LogP contribution in [0.15, 0.2) is 18.2 Å². The molecular weight excluding hydrogens is 268 g/mol. The number of hydrogen-bond acceptors (Lipinski definition) is 3. The van der Waals surface area contributed by atoms with Crippen LogP contribution in [0.2, 0.25) is 0 Å². The van der Waals surface area contributed by atoms with E-state index in [0.29, 0.717) is 12.1 Å². The van der Waals surface area contributed by atoms with Gasteiger partial charge in [-0.05, 0) is 31.0 Å². The van der Waals surface area contributed by atoms with Gasteiger partial charge in [0.15, 0.2) is 0 Å². The lowest BCUT2D eigenvalue weighted by atomic mass is 10.1. The van der Waals surface area contributed by atoms with Crippen LogP contribution in [0.5, 0.6) is 0 Å². The number of aromatic carboxylic acids is 1. The minimum atomic E-state index is -0.957. The minimum Gasteiger partial charge on any atom is -0.478 e. The van der Waals surface area contributed by atoms with Gasteiger partial charge in [-0.2, -0.15) is 0 Å². The van der Waals surface area contributed by atoms with Crippen molar-refractivity contribution >= 4 is 23.3 Å². The fourth-order valence-corrected chi connectivity index (χ4v) is 2.62. The second-order valence-electron chi connectivity index (χ2n) is 5.34. The molecule has 21 heavy (non-hydrogen) atoms. The first-order chi connectivity index (χ1) is 10.1. The molecule has 114 valence electrons. The van der Waals surface area contributed by atoms with Crippen LogP contribution >= 0.6 is 0 Å². The Labute approximate surface area is 125 Å². The van der Waals surface area contributed by atoms with Gasteiger partial charge in [0.1, 0.15) is 0 Å². The first-order valence-electron chi connectivity index (χ1n) is 7.54. The van der Waals surface area contributed by atoms with Gasteiger partial charge in [0.05, 0.1) is 11.3 Å². The third kappa shape index (κ3) is 3.97. The van der Waals surface area contributed by atoms with Crippen LogP contribution < -0.4 is 10.2 Å². The first-order valence-corrected chi connectivity index (χ1v) is 7.54. The first kappa shape index (κ1) is 15.4. The van der Waals surface area contributed by atoms with Crippen LogP contribution in [-0.2, 0) is 4.79 Å². The Morgan fingerprint density at radius 1 is 1.19 bits per heavy atom. The summed E-state index contributed by atoms with van der Waals surface area (Å²) in [5.74, 6) is -1.07. The van der Waals surface area contributed by atoms with Gasteiger partial charge in [-0.3, -0.25) is 4.79 Å². The summed E-state index contributed by atoms with van der Waals surface area (Å²) in [6.45, 7) is 3.54. The van der Waals surface area contributed by atoms with Crippen molar-refractivity contribution in [1.29, 1.82) is 0 Å². The van der Waals surface area contributed by atoms with Gasteiger partial charge in [-0.15, -0.1) is 0 Å². The van der Waals surface area contributed by atoms with E-state index in [-0.39, 0.29) is 11.5 Å². The molecule has 0 bridgehead atoms. The molecule has 1 aliphatic rings. The Hall–Kier alpha value is -2.04. The summed E-state index contributed by atoms with van der Waals surface area (Å²) in [5.41, 5.74) is 1.54. The molecule has 1 fully saturated rings. The third-order valence-electron chi connectivity index (χ3n) is 3.78. The van der Waals surface area contributed by atoms with Crippen molar-refractivity contribution < 1.29 is 14.7 Å². The number of benzene rings is 1. The maximum atomic E-state index is 11.5. The summed E-state index contributed by atoms with van der Waals surface area (Å²) in [5, 5.41) is 12.2. The molecule has 1 aromatic rings. The number of anilines is 2. The summed E-state index contributed by atoms with van der Waals surface area (Å²) in [7, 11) is 0. The van der Waals surface area contributed by atoms with E-state index in [2.05, 4.69) is 10.2 Å². The second-order valence-corrected chi connectivity index (χ2v) is 5.34. The highest BCUT2D eigenvalue weighted by Crippen LogP contribution is 2.27. The fraction of sp³-hybridized carbons (Fsp3) is 0.500. The molecule has 1 aliphatic heterocycles. The van der Waals surface area contributed by atoms with Crippen LogP contribution in [-0.4, -0.2) is 30.1 Å². The van der Waals surface area contributed by atoms with Crippen LogP contribution in [0.3, 0.4) is 0 Å². The van der Waals surface area contributed by atoms with Gasteiger partial charge in [0.2, 0.25) is 5.91 Å². The molecule has 5 nitrogen and oxygen atoms in total. The highest BCUT2D eigenvalue weighted by Gasteiger charge is 2.18. The summed E-state index contributed by atoms with van der Waals surface area (Å²) in [6, 6.07) is 5.14. The predicted molar refractivity (Wildman–Crippen MR) is 83.0 cm³/mol. The van der Waals surface area contributed by atoms with E-state index in [9.17, 15) is 14.7 Å². The molecule has 1 saturated heterocycles. The molecule has 0 atom stereocenters. The Kier molecular flexibility index (Phi) is 5.20. The highest BCUT2D eigenvalue weighted by molar-refractivity contribution is 5.98. The fourth-order valence-electron chi connectivity index (χ4n) is 2.62. The monoisotopic (exact) mass is 290 g/mol. The molecular formula is C16H22N2O3. The molecule has 0 saturated carbocycles. The van der Waals surface area contributed by atoms with Crippen molar-refractivity contribution in [3.8, 4) is 0 Å². The second kappa shape index (κ2) is 7.11. The van der Waals surface area contributed by atoms with E-state index in [1.807, 2.05) is 0 Å². The normalized spacial score (nSPS) is 15.4. The molecule has 2 N–H and O–H groups in total. The number of carbonyl (C=O) groups excluding carboxylic acids is 1. The molecule has 5 heteroatoms. The maximum Gasteiger partial charge on any atom is 0.337 e. The van der Waals surface area contributed by atoms with Crippen LogP contribution in [0, 0.1) is 0 Å². The average molecular weight is 290 g/mol. The zero-order valence-corrected chi connectivity index (χ0v) is 12.4. The maximum absolute atomic E-state index is 11.5.